The highest BCUT2D eigenvalue weighted by Gasteiger charge is 2.07. The van der Waals surface area contributed by atoms with Gasteiger partial charge < -0.3 is 15.5 Å². The molecule has 0 aliphatic rings. The molecule has 5 heteroatoms. The second-order valence-corrected chi connectivity index (χ2v) is 5.26. The monoisotopic (exact) mass is 290 g/mol. The van der Waals surface area contributed by atoms with Crippen molar-refractivity contribution in [2.45, 2.75) is 20.4 Å². The Labute approximate surface area is 127 Å². The van der Waals surface area contributed by atoms with E-state index in [1.807, 2.05) is 39.1 Å². The van der Waals surface area contributed by atoms with E-state index in [2.05, 4.69) is 32.7 Å². The summed E-state index contributed by atoms with van der Waals surface area (Å²) in [7, 11) is 3.76. The van der Waals surface area contributed by atoms with Crippen LogP contribution in [0.25, 0.3) is 0 Å². The summed E-state index contributed by atoms with van der Waals surface area (Å²) in [6.07, 6.45) is 0. The number of nitrogens with one attached hydrogen (secondary N) is 2. The molecular weight excluding hydrogens is 264 g/mol. The molecule has 116 valence electrons. The Hall–Kier alpha value is -2.04. The van der Waals surface area contributed by atoms with Crippen LogP contribution in [0.5, 0.6) is 0 Å². The van der Waals surface area contributed by atoms with Crippen molar-refractivity contribution in [2.24, 2.45) is 10.9 Å². The zero-order valence-electron chi connectivity index (χ0n) is 13.4. The van der Waals surface area contributed by atoms with Crippen molar-refractivity contribution >= 4 is 11.9 Å². The topological polar surface area (TPSA) is 56.7 Å². The minimum Gasteiger partial charge on any atom is -0.354 e. The molecule has 0 fully saturated rings. The predicted molar refractivity (Wildman–Crippen MR) is 87.1 cm³/mol. The first-order valence-electron chi connectivity index (χ1n) is 7.28. The smallest absolute Gasteiger partial charge is 0.222 e. The number of amides is 1. The molecule has 0 unspecified atom stereocenters. The van der Waals surface area contributed by atoms with Gasteiger partial charge in [-0.25, -0.2) is 0 Å². The number of nitrogens with zero attached hydrogens (tertiary/aromatic N) is 2. The summed E-state index contributed by atoms with van der Waals surface area (Å²) in [5, 5.41) is 6.12. The van der Waals surface area contributed by atoms with Gasteiger partial charge in [0, 0.05) is 39.6 Å². The normalized spacial score (nSPS) is 11.4. The van der Waals surface area contributed by atoms with Gasteiger partial charge in [0.05, 0.1) is 0 Å². The van der Waals surface area contributed by atoms with Gasteiger partial charge in [-0.15, -0.1) is 0 Å². The van der Waals surface area contributed by atoms with Gasteiger partial charge in [0.2, 0.25) is 5.91 Å². The molecule has 0 atom stereocenters. The molecule has 0 spiro atoms. The maximum absolute atomic E-state index is 11.5. The molecule has 0 heterocycles. The van der Waals surface area contributed by atoms with Gasteiger partial charge in [0.15, 0.2) is 5.96 Å². The minimum atomic E-state index is 0.0186. The second kappa shape index (κ2) is 9.00. The van der Waals surface area contributed by atoms with Crippen LogP contribution in [0.1, 0.15) is 19.4 Å². The average Bonchev–Trinajstić information content (AvgIpc) is 2.47. The Balaban J connectivity index is 2.36. The van der Waals surface area contributed by atoms with Gasteiger partial charge in [0.25, 0.3) is 0 Å². The largest absolute Gasteiger partial charge is 0.354 e. The zero-order valence-corrected chi connectivity index (χ0v) is 13.4. The zero-order chi connectivity index (χ0) is 15.7. The summed E-state index contributed by atoms with van der Waals surface area (Å²) in [5.74, 6) is 0.909. The van der Waals surface area contributed by atoms with Gasteiger partial charge >= 0.3 is 0 Å². The molecule has 5 nitrogen and oxygen atoms in total. The standard InChI is InChI=1S/C16H26N4O/c1-13(2)15(21)18-10-11-19-16(17-3)20(4)12-14-8-6-5-7-9-14/h5-9,13H,10-12H2,1-4H3,(H,17,19)(H,18,21). The molecule has 0 aliphatic carbocycles. The van der Waals surface area contributed by atoms with Crippen LogP contribution in [0.3, 0.4) is 0 Å². The molecule has 1 aromatic rings. The molecule has 0 saturated heterocycles. The number of rotatable bonds is 6. The first-order chi connectivity index (χ1) is 10.0. The third-order valence-electron chi connectivity index (χ3n) is 3.07. The SMILES string of the molecule is CN=C(NCCNC(=O)C(C)C)N(C)Cc1ccccc1. The van der Waals surface area contributed by atoms with E-state index in [1.165, 1.54) is 5.56 Å². The third-order valence-corrected chi connectivity index (χ3v) is 3.07. The molecular formula is C16H26N4O. The van der Waals surface area contributed by atoms with Crippen LogP contribution in [0.15, 0.2) is 35.3 Å². The number of hydrogen-bond donors (Lipinski definition) is 2. The van der Waals surface area contributed by atoms with E-state index in [0.717, 1.165) is 12.5 Å². The van der Waals surface area contributed by atoms with Crippen molar-refractivity contribution in [2.75, 3.05) is 27.2 Å². The minimum absolute atomic E-state index is 0.0186. The van der Waals surface area contributed by atoms with Crippen molar-refractivity contribution in [3.8, 4) is 0 Å². The van der Waals surface area contributed by atoms with Crippen LogP contribution >= 0.6 is 0 Å². The molecule has 21 heavy (non-hydrogen) atoms. The molecule has 0 aromatic heterocycles. The van der Waals surface area contributed by atoms with Gasteiger partial charge in [-0.05, 0) is 5.56 Å². The van der Waals surface area contributed by atoms with E-state index in [0.29, 0.717) is 13.1 Å². The van der Waals surface area contributed by atoms with E-state index in [1.54, 1.807) is 7.05 Å². The predicted octanol–water partition coefficient (Wildman–Crippen LogP) is 1.47. The van der Waals surface area contributed by atoms with Crippen LogP contribution in [0.2, 0.25) is 0 Å². The van der Waals surface area contributed by atoms with Crippen molar-refractivity contribution in [1.29, 1.82) is 0 Å². The Morgan fingerprint density at radius 3 is 2.38 bits per heavy atom. The molecule has 1 aromatic carbocycles. The van der Waals surface area contributed by atoms with Crippen LogP contribution in [-0.4, -0.2) is 44.0 Å². The van der Waals surface area contributed by atoms with E-state index in [4.69, 9.17) is 0 Å². The summed E-state index contributed by atoms with van der Waals surface area (Å²) in [6.45, 7) is 5.81. The number of benzene rings is 1. The lowest BCUT2D eigenvalue weighted by Crippen LogP contribution is -2.42. The molecule has 1 amide bonds. The fourth-order valence-electron chi connectivity index (χ4n) is 1.88. The van der Waals surface area contributed by atoms with E-state index < -0.39 is 0 Å². The lowest BCUT2D eigenvalue weighted by atomic mass is 10.2. The number of carbonyl (C=O) groups is 1. The number of guanidine groups is 1. The molecule has 0 bridgehead atoms. The maximum Gasteiger partial charge on any atom is 0.222 e. The Morgan fingerprint density at radius 2 is 1.81 bits per heavy atom. The summed E-state index contributed by atoms with van der Waals surface area (Å²) < 4.78 is 0. The Kier molecular flexibility index (Phi) is 7.29. The summed E-state index contributed by atoms with van der Waals surface area (Å²) in [5.41, 5.74) is 1.23. The number of aliphatic imine (C=N–C) groups is 1. The first kappa shape index (κ1) is 17.0. The van der Waals surface area contributed by atoms with Crippen LogP contribution < -0.4 is 10.6 Å². The summed E-state index contributed by atoms with van der Waals surface area (Å²) in [4.78, 5) is 17.8. The fourth-order valence-corrected chi connectivity index (χ4v) is 1.88. The lowest BCUT2D eigenvalue weighted by Gasteiger charge is -2.22. The summed E-state index contributed by atoms with van der Waals surface area (Å²) in [6, 6.07) is 10.2. The summed E-state index contributed by atoms with van der Waals surface area (Å²) >= 11 is 0. The van der Waals surface area contributed by atoms with E-state index >= 15 is 0 Å². The molecule has 0 radical (unpaired) electrons. The van der Waals surface area contributed by atoms with E-state index in [9.17, 15) is 4.79 Å². The molecule has 0 saturated carbocycles. The van der Waals surface area contributed by atoms with Gasteiger partial charge in [-0.2, -0.15) is 0 Å². The third kappa shape index (κ3) is 6.29. The second-order valence-electron chi connectivity index (χ2n) is 5.26. The lowest BCUT2D eigenvalue weighted by molar-refractivity contribution is -0.123. The van der Waals surface area contributed by atoms with Crippen molar-refractivity contribution < 1.29 is 4.79 Å². The van der Waals surface area contributed by atoms with Crippen molar-refractivity contribution in [3.63, 3.8) is 0 Å². The highest BCUT2D eigenvalue weighted by atomic mass is 16.1. The van der Waals surface area contributed by atoms with Gasteiger partial charge in [-0.3, -0.25) is 9.79 Å². The van der Waals surface area contributed by atoms with Crippen molar-refractivity contribution in [1.82, 2.24) is 15.5 Å². The molecule has 0 aliphatic heterocycles. The Bertz CT molecular complexity index is 457. The van der Waals surface area contributed by atoms with Gasteiger partial charge in [-0.1, -0.05) is 44.2 Å². The number of carbonyl (C=O) groups excluding carboxylic acids is 1. The average molecular weight is 290 g/mol. The van der Waals surface area contributed by atoms with Gasteiger partial charge in [0.1, 0.15) is 0 Å². The molecule has 1 rings (SSSR count). The molecule has 2 N–H and O–H groups in total. The first-order valence-corrected chi connectivity index (χ1v) is 7.28. The van der Waals surface area contributed by atoms with Crippen molar-refractivity contribution in [3.05, 3.63) is 35.9 Å². The number of hydrogen-bond acceptors (Lipinski definition) is 2. The maximum atomic E-state index is 11.5. The van der Waals surface area contributed by atoms with Crippen LogP contribution in [0, 0.1) is 5.92 Å². The quantitative estimate of drug-likeness (QED) is 0.474. The Morgan fingerprint density at radius 1 is 1.19 bits per heavy atom. The van der Waals surface area contributed by atoms with Crippen LogP contribution in [-0.2, 0) is 11.3 Å². The fraction of sp³-hybridized carbons (Fsp3) is 0.500. The highest BCUT2D eigenvalue weighted by molar-refractivity contribution is 5.80. The van der Waals surface area contributed by atoms with Crippen LogP contribution in [0.4, 0.5) is 0 Å². The van der Waals surface area contributed by atoms with E-state index in [-0.39, 0.29) is 11.8 Å². The highest BCUT2D eigenvalue weighted by Crippen LogP contribution is 2.02.